The average molecular weight is 333 g/mol. The fourth-order valence-electron chi connectivity index (χ4n) is 2.87. The number of rotatable bonds is 4. The number of hydrogen-bond acceptors (Lipinski definition) is 4. The zero-order valence-corrected chi connectivity index (χ0v) is 14.8. The number of nitrogens with one attached hydrogen (secondary N) is 2. The van der Waals surface area contributed by atoms with Crippen LogP contribution in [0.25, 0.3) is 0 Å². The number of methoxy groups -OCH3 is 1. The molecule has 4 heteroatoms. The maximum Gasteiger partial charge on any atom is 0.150 e. The van der Waals surface area contributed by atoms with Crippen LogP contribution in [0.2, 0.25) is 0 Å². The van der Waals surface area contributed by atoms with Gasteiger partial charge in [0.1, 0.15) is 11.6 Å². The van der Waals surface area contributed by atoms with E-state index < -0.39 is 0 Å². The molecule has 0 fully saturated rings. The first kappa shape index (κ1) is 16.8. The molecule has 1 heterocycles. The quantitative estimate of drug-likeness (QED) is 0.802. The third kappa shape index (κ3) is 3.74. The molecule has 1 unspecified atom stereocenters. The summed E-state index contributed by atoms with van der Waals surface area (Å²) in [5, 5.41) is 6.82. The number of anilines is 1. The molecule has 1 aliphatic heterocycles. The molecule has 1 aliphatic rings. The molecule has 0 aromatic heterocycles. The van der Waals surface area contributed by atoms with Gasteiger partial charge in [-0.05, 0) is 38.1 Å². The number of ether oxygens (including phenoxy) is 1. The summed E-state index contributed by atoms with van der Waals surface area (Å²) in [7, 11) is 1.68. The molecule has 4 nitrogen and oxygen atoms in total. The van der Waals surface area contributed by atoms with Crippen LogP contribution >= 0.6 is 0 Å². The molecule has 25 heavy (non-hydrogen) atoms. The molecule has 0 saturated heterocycles. The lowest BCUT2D eigenvalue weighted by Gasteiger charge is -2.27. The molecule has 0 bridgehead atoms. The van der Waals surface area contributed by atoms with Gasteiger partial charge in [-0.25, -0.2) is 4.99 Å². The Morgan fingerprint density at radius 1 is 1.16 bits per heavy atom. The summed E-state index contributed by atoms with van der Waals surface area (Å²) in [6.07, 6.45) is 1.78. The van der Waals surface area contributed by atoms with Gasteiger partial charge in [0, 0.05) is 22.5 Å². The summed E-state index contributed by atoms with van der Waals surface area (Å²) in [4.78, 5) is 4.87. The summed E-state index contributed by atoms with van der Waals surface area (Å²) in [6.45, 7) is 8.17. The summed E-state index contributed by atoms with van der Waals surface area (Å²) >= 11 is 0. The fourth-order valence-corrected chi connectivity index (χ4v) is 2.87. The highest BCUT2D eigenvalue weighted by Crippen LogP contribution is 2.33. The van der Waals surface area contributed by atoms with Crippen molar-refractivity contribution in [1.82, 2.24) is 5.32 Å². The molecule has 128 valence electrons. The Bertz CT molecular complexity index is 848. The largest absolute Gasteiger partial charge is 0.496 e. The second-order valence-electron chi connectivity index (χ2n) is 6.18. The van der Waals surface area contributed by atoms with E-state index in [0.29, 0.717) is 0 Å². The van der Waals surface area contributed by atoms with Crippen LogP contribution in [-0.2, 0) is 0 Å². The van der Waals surface area contributed by atoms with E-state index >= 15 is 0 Å². The molecule has 2 aromatic rings. The molecule has 0 amide bonds. The highest BCUT2D eigenvalue weighted by atomic mass is 16.5. The van der Waals surface area contributed by atoms with Crippen molar-refractivity contribution in [3.8, 4) is 5.75 Å². The minimum absolute atomic E-state index is 0.229. The lowest BCUT2D eigenvalue weighted by Crippen LogP contribution is -2.29. The number of amidine groups is 1. The van der Waals surface area contributed by atoms with Gasteiger partial charge >= 0.3 is 0 Å². The van der Waals surface area contributed by atoms with Gasteiger partial charge < -0.3 is 15.4 Å². The minimum Gasteiger partial charge on any atom is -0.496 e. The zero-order valence-electron chi connectivity index (χ0n) is 14.8. The van der Waals surface area contributed by atoms with Gasteiger partial charge in [0.05, 0.1) is 7.11 Å². The molecule has 0 radical (unpaired) electrons. The van der Waals surface area contributed by atoms with Gasteiger partial charge in [-0.1, -0.05) is 42.5 Å². The highest BCUT2D eigenvalue weighted by Gasteiger charge is 2.23. The first-order valence-corrected chi connectivity index (χ1v) is 8.26. The van der Waals surface area contributed by atoms with Crippen molar-refractivity contribution in [2.24, 2.45) is 4.99 Å². The van der Waals surface area contributed by atoms with E-state index in [1.54, 1.807) is 7.11 Å². The topological polar surface area (TPSA) is 45.7 Å². The van der Waals surface area contributed by atoms with Crippen LogP contribution in [0, 0.1) is 0 Å². The molecular formula is C21H23N3O. The Kier molecular flexibility index (Phi) is 4.89. The Morgan fingerprint density at radius 2 is 1.88 bits per heavy atom. The van der Waals surface area contributed by atoms with Crippen LogP contribution in [-0.4, -0.2) is 12.9 Å². The number of aliphatic imine (C=N–C) groups is 1. The lowest BCUT2D eigenvalue weighted by atomic mass is 10.1. The minimum atomic E-state index is -0.229. The first-order valence-electron chi connectivity index (χ1n) is 8.26. The maximum atomic E-state index is 5.50. The normalized spacial score (nSPS) is 15.3. The van der Waals surface area contributed by atoms with E-state index in [4.69, 9.17) is 9.73 Å². The van der Waals surface area contributed by atoms with Crippen LogP contribution in [0.15, 0.2) is 77.4 Å². The summed E-state index contributed by atoms with van der Waals surface area (Å²) in [6, 6.07) is 16.0. The molecule has 0 saturated carbocycles. The standard InChI is InChI=1S/C21H23N3O/c1-14(2)13-15(3)22-20-16-9-5-7-11-18(16)23-21(24-20)17-10-6-8-12-19(17)25-4/h5-13,21,23H,3H2,1-2,4H3,(H,22,24). The van der Waals surface area contributed by atoms with Crippen molar-refractivity contribution in [1.29, 1.82) is 0 Å². The highest BCUT2D eigenvalue weighted by molar-refractivity contribution is 6.05. The Morgan fingerprint density at radius 3 is 2.64 bits per heavy atom. The predicted molar refractivity (Wildman–Crippen MR) is 104 cm³/mol. The summed E-state index contributed by atoms with van der Waals surface area (Å²) in [5.74, 6) is 1.61. The van der Waals surface area contributed by atoms with E-state index in [1.807, 2.05) is 62.4 Å². The monoisotopic (exact) mass is 333 g/mol. The van der Waals surface area contributed by atoms with E-state index in [-0.39, 0.29) is 6.17 Å². The number of nitrogens with zero attached hydrogens (tertiary/aromatic N) is 1. The van der Waals surface area contributed by atoms with E-state index in [9.17, 15) is 0 Å². The van der Waals surface area contributed by atoms with Gasteiger partial charge in [-0.15, -0.1) is 0 Å². The van der Waals surface area contributed by atoms with Crippen LogP contribution in [0.4, 0.5) is 5.69 Å². The molecular weight excluding hydrogens is 310 g/mol. The SMILES string of the molecule is C=C(C=C(C)C)NC1=NC(c2ccccc2OC)Nc2ccccc21. The Hall–Kier alpha value is -3.01. The van der Waals surface area contributed by atoms with E-state index in [0.717, 1.165) is 34.1 Å². The fraction of sp³-hybridized carbons (Fsp3) is 0.190. The third-order valence-electron chi connectivity index (χ3n) is 3.91. The van der Waals surface area contributed by atoms with E-state index in [2.05, 4.69) is 23.3 Å². The zero-order chi connectivity index (χ0) is 17.8. The summed E-state index contributed by atoms with van der Waals surface area (Å²) < 4.78 is 5.50. The number of fused-ring (bicyclic) bond motifs is 1. The van der Waals surface area contributed by atoms with Gasteiger partial charge in [-0.3, -0.25) is 0 Å². The molecule has 3 rings (SSSR count). The van der Waals surface area contributed by atoms with Gasteiger partial charge in [0.2, 0.25) is 0 Å². The smallest absolute Gasteiger partial charge is 0.150 e. The Labute approximate surface area is 148 Å². The molecule has 1 atom stereocenters. The number of allylic oxidation sites excluding steroid dienone is 2. The van der Waals surface area contributed by atoms with Crippen LogP contribution < -0.4 is 15.4 Å². The van der Waals surface area contributed by atoms with Crippen LogP contribution in [0.1, 0.15) is 31.1 Å². The van der Waals surface area contributed by atoms with Gasteiger partial charge in [0.15, 0.2) is 6.17 Å². The first-order chi connectivity index (χ1) is 12.1. The van der Waals surface area contributed by atoms with Crippen LogP contribution in [0.5, 0.6) is 5.75 Å². The molecule has 0 aliphatic carbocycles. The van der Waals surface area contributed by atoms with Crippen molar-refractivity contribution in [2.75, 3.05) is 12.4 Å². The Balaban J connectivity index is 2.01. The average Bonchev–Trinajstić information content (AvgIpc) is 2.60. The second-order valence-corrected chi connectivity index (χ2v) is 6.18. The van der Waals surface area contributed by atoms with Crippen molar-refractivity contribution in [3.05, 3.63) is 83.6 Å². The van der Waals surface area contributed by atoms with E-state index in [1.165, 1.54) is 5.57 Å². The molecule has 2 N–H and O–H groups in total. The predicted octanol–water partition coefficient (Wildman–Crippen LogP) is 4.64. The van der Waals surface area contributed by atoms with Gasteiger partial charge in [-0.2, -0.15) is 0 Å². The number of hydrogen-bond donors (Lipinski definition) is 2. The van der Waals surface area contributed by atoms with Crippen molar-refractivity contribution in [2.45, 2.75) is 20.0 Å². The molecule has 2 aromatic carbocycles. The maximum absolute atomic E-state index is 5.50. The third-order valence-corrected chi connectivity index (χ3v) is 3.91. The van der Waals surface area contributed by atoms with Crippen molar-refractivity contribution >= 4 is 11.5 Å². The number of para-hydroxylation sites is 2. The van der Waals surface area contributed by atoms with Crippen LogP contribution in [0.3, 0.4) is 0 Å². The lowest BCUT2D eigenvalue weighted by molar-refractivity contribution is 0.407. The summed E-state index contributed by atoms with van der Waals surface area (Å²) in [5.41, 5.74) is 5.04. The molecule has 0 spiro atoms. The van der Waals surface area contributed by atoms with Gasteiger partial charge in [0.25, 0.3) is 0 Å². The number of benzene rings is 2. The second kappa shape index (κ2) is 7.26. The van der Waals surface area contributed by atoms with Crippen molar-refractivity contribution < 1.29 is 4.74 Å². The van der Waals surface area contributed by atoms with Crippen molar-refractivity contribution in [3.63, 3.8) is 0 Å².